The maximum Gasteiger partial charge on any atom is 0.471 e. The molecule has 0 aromatic carbocycles. The molecule has 0 spiro atoms. The molecule has 1 heterocycles. The number of imide groups is 1. The average molecular weight is 526 g/mol. The molecule has 1 rings (SSSR count). The Labute approximate surface area is 204 Å². The SMILES string of the molecule is CNC(=O)CCOCCNC(=O)CCN1C(=O)CC(SCCCCCCOP(=O)(O)OC)C1=O. The van der Waals surface area contributed by atoms with Gasteiger partial charge in [0.1, 0.15) is 0 Å². The smallest absolute Gasteiger partial charge is 0.379 e. The van der Waals surface area contributed by atoms with Gasteiger partial charge in [-0.25, -0.2) is 4.57 Å². The minimum Gasteiger partial charge on any atom is -0.379 e. The van der Waals surface area contributed by atoms with Crippen molar-refractivity contribution in [1.82, 2.24) is 15.5 Å². The van der Waals surface area contributed by atoms with Crippen LogP contribution in [0.5, 0.6) is 0 Å². The molecule has 1 aliphatic rings. The number of likely N-dealkylation sites (tertiary alicyclic amines) is 1. The molecule has 14 heteroatoms. The van der Waals surface area contributed by atoms with Gasteiger partial charge in [0.15, 0.2) is 0 Å². The van der Waals surface area contributed by atoms with E-state index in [1.807, 2.05) is 0 Å². The van der Waals surface area contributed by atoms with Crippen molar-refractivity contribution in [2.45, 2.75) is 50.2 Å². The van der Waals surface area contributed by atoms with Crippen LogP contribution in [0, 0.1) is 0 Å². The van der Waals surface area contributed by atoms with E-state index in [1.165, 1.54) is 11.8 Å². The number of rotatable bonds is 19. The van der Waals surface area contributed by atoms with Crippen molar-refractivity contribution in [3.05, 3.63) is 0 Å². The van der Waals surface area contributed by atoms with E-state index in [-0.39, 0.29) is 75.8 Å². The standard InChI is InChI=1S/C20H36N3O9PS/c1-21-17(24)8-12-31-13-9-22-18(25)7-10-23-19(26)15-16(20(23)27)34-14-6-4-3-5-11-32-33(28,29)30-2/h16H,3-15H2,1-2H3,(H,21,24)(H,22,25)(H,28,29). The highest BCUT2D eigenvalue weighted by Gasteiger charge is 2.38. The first-order valence-corrected chi connectivity index (χ1v) is 13.8. The number of amides is 4. The van der Waals surface area contributed by atoms with Crippen molar-refractivity contribution in [2.24, 2.45) is 0 Å². The molecule has 0 bridgehead atoms. The number of carbonyl (C=O) groups excluding carboxylic acids is 4. The quantitative estimate of drug-likeness (QED) is 0.125. The molecule has 1 fully saturated rings. The Morgan fingerprint density at radius 2 is 1.85 bits per heavy atom. The molecule has 1 aliphatic heterocycles. The first kappa shape index (κ1) is 30.5. The number of thioether (sulfide) groups is 1. The fourth-order valence-corrected chi connectivity index (χ4v) is 4.64. The molecule has 0 aromatic rings. The van der Waals surface area contributed by atoms with Gasteiger partial charge in [0.05, 0.1) is 25.1 Å². The Hall–Kier alpha value is -1.50. The van der Waals surface area contributed by atoms with Crippen LogP contribution in [0.3, 0.4) is 0 Å². The van der Waals surface area contributed by atoms with Crippen LogP contribution in [0.15, 0.2) is 0 Å². The summed E-state index contributed by atoms with van der Waals surface area (Å²) >= 11 is 1.44. The van der Waals surface area contributed by atoms with E-state index in [9.17, 15) is 23.7 Å². The van der Waals surface area contributed by atoms with Gasteiger partial charge < -0.3 is 20.3 Å². The lowest BCUT2D eigenvalue weighted by Crippen LogP contribution is -2.36. The van der Waals surface area contributed by atoms with Crippen molar-refractivity contribution in [3.63, 3.8) is 0 Å². The van der Waals surface area contributed by atoms with E-state index in [0.29, 0.717) is 6.42 Å². The van der Waals surface area contributed by atoms with Crippen LogP contribution in [0.1, 0.15) is 44.9 Å². The minimum atomic E-state index is -3.92. The zero-order chi connectivity index (χ0) is 25.4. The highest BCUT2D eigenvalue weighted by molar-refractivity contribution is 8.00. The highest BCUT2D eigenvalue weighted by atomic mass is 32.2. The third kappa shape index (κ3) is 12.8. The Morgan fingerprint density at radius 3 is 2.56 bits per heavy atom. The Bertz CT molecular complexity index is 725. The molecule has 1 saturated heterocycles. The maximum atomic E-state index is 12.5. The van der Waals surface area contributed by atoms with Crippen LogP contribution in [-0.2, 0) is 37.5 Å². The van der Waals surface area contributed by atoms with E-state index in [0.717, 1.165) is 37.0 Å². The number of phosphoric acid groups is 1. The summed E-state index contributed by atoms with van der Waals surface area (Å²) in [6.07, 6.45) is 3.56. The lowest BCUT2D eigenvalue weighted by atomic mass is 10.2. The fourth-order valence-electron chi connectivity index (χ4n) is 2.99. The molecule has 4 amide bonds. The molecule has 2 unspecified atom stereocenters. The fraction of sp³-hybridized carbons (Fsp3) is 0.800. The first-order valence-electron chi connectivity index (χ1n) is 11.2. The molecule has 0 aliphatic carbocycles. The molecule has 34 heavy (non-hydrogen) atoms. The molecular weight excluding hydrogens is 489 g/mol. The number of hydrogen-bond donors (Lipinski definition) is 3. The van der Waals surface area contributed by atoms with E-state index < -0.39 is 13.1 Å². The summed E-state index contributed by atoms with van der Waals surface area (Å²) in [6.45, 7) is 1.00. The van der Waals surface area contributed by atoms with Crippen molar-refractivity contribution >= 4 is 43.2 Å². The number of phosphoric ester groups is 1. The van der Waals surface area contributed by atoms with Crippen molar-refractivity contribution in [3.8, 4) is 0 Å². The zero-order valence-corrected chi connectivity index (χ0v) is 21.5. The van der Waals surface area contributed by atoms with E-state index in [1.54, 1.807) is 7.05 Å². The number of unbranched alkanes of at least 4 members (excludes halogenated alkanes) is 3. The Kier molecular flexibility index (Phi) is 15.3. The molecule has 0 saturated carbocycles. The van der Waals surface area contributed by atoms with Gasteiger partial charge in [-0.05, 0) is 18.6 Å². The van der Waals surface area contributed by atoms with Crippen molar-refractivity contribution in [1.29, 1.82) is 0 Å². The predicted octanol–water partition coefficient (Wildman–Crippen LogP) is 0.830. The predicted molar refractivity (Wildman–Crippen MR) is 126 cm³/mol. The first-order chi connectivity index (χ1) is 16.2. The number of carbonyl (C=O) groups is 4. The maximum absolute atomic E-state index is 12.5. The molecule has 3 N–H and O–H groups in total. The van der Waals surface area contributed by atoms with E-state index in [4.69, 9.17) is 14.2 Å². The van der Waals surface area contributed by atoms with Crippen molar-refractivity contribution in [2.75, 3.05) is 52.8 Å². The lowest BCUT2D eigenvalue weighted by Gasteiger charge is -2.14. The topological polar surface area (TPSA) is 161 Å². The summed E-state index contributed by atoms with van der Waals surface area (Å²) in [5.74, 6) is -0.205. The average Bonchev–Trinajstić information content (AvgIpc) is 3.08. The second-order valence-electron chi connectivity index (χ2n) is 7.48. The summed E-state index contributed by atoms with van der Waals surface area (Å²) in [5, 5.41) is 4.72. The Morgan fingerprint density at radius 1 is 1.12 bits per heavy atom. The van der Waals surface area contributed by atoms with Crippen LogP contribution in [0.4, 0.5) is 0 Å². The van der Waals surface area contributed by atoms with E-state index in [2.05, 4.69) is 15.2 Å². The van der Waals surface area contributed by atoms with Gasteiger partial charge in [0.25, 0.3) is 0 Å². The largest absolute Gasteiger partial charge is 0.471 e. The summed E-state index contributed by atoms with van der Waals surface area (Å²) in [5.41, 5.74) is 0. The number of nitrogens with zero attached hydrogens (tertiary/aromatic N) is 1. The van der Waals surface area contributed by atoms with Gasteiger partial charge in [-0.2, -0.15) is 0 Å². The van der Waals surface area contributed by atoms with Gasteiger partial charge in [-0.1, -0.05) is 12.8 Å². The molecular formula is C20H36N3O9PS. The summed E-state index contributed by atoms with van der Waals surface area (Å²) in [7, 11) is -1.26. The van der Waals surface area contributed by atoms with Crippen LogP contribution < -0.4 is 10.6 Å². The minimum absolute atomic E-state index is 0.0268. The van der Waals surface area contributed by atoms with Gasteiger partial charge >= 0.3 is 7.82 Å². The highest BCUT2D eigenvalue weighted by Crippen LogP contribution is 2.41. The van der Waals surface area contributed by atoms with Crippen molar-refractivity contribution < 1.29 is 42.4 Å². The third-order valence-corrected chi connectivity index (χ3v) is 7.19. The summed E-state index contributed by atoms with van der Waals surface area (Å²) in [4.78, 5) is 57.9. The second kappa shape index (κ2) is 17.0. The third-order valence-electron chi connectivity index (χ3n) is 4.93. The number of nitrogens with one attached hydrogen (secondary N) is 2. The molecule has 0 radical (unpaired) electrons. The second-order valence-corrected chi connectivity index (χ2v) is 10.4. The van der Waals surface area contributed by atoms with Gasteiger partial charge in [-0.15, -0.1) is 11.8 Å². The lowest BCUT2D eigenvalue weighted by molar-refractivity contribution is -0.138. The number of ether oxygens (including phenoxy) is 1. The Balaban J connectivity index is 2.12. The van der Waals surface area contributed by atoms with Crippen LogP contribution in [-0.4, -0.2) is 91.5 Å². The molecule has 196 valence electrons. The molecule has 2 atom stereocenters. The summed E-state index contributed by atoms with van der Waals surface area (Å²) in [6, 6.07) is 0. The van der Waals surface area contributed by atoms with E-state index >= 15 is 0 Å². The van der Waals surface area contributed by atoms with Crippen LogP contribution in [0.2, 0.25) is 0 Å². The summed E-state index contributed by atoms with van der Waals surface area (Å²) < 4.78 is 25.5. The van der Waals surface area contributed by atoms with Crippen LogP contribution in [0.25, 0.3) is 0 Å². The molecule has 0 aromatic heterocycles. The molecule has 12 nitrogen and oxygen atoms in total. The van der Waals surface area contributed by atoms with Gasteiger partial charge in [-0.3, -0.25) is 33.1 Å². The van der Waals surface area contributed by atoms with Gasteiger partial charge in [0, 0.05) is 46.5 Å². The number of hydrogen-bond acceptors (Lipinski definition) is 9. The monoisotopic (exact) mass is 525 g/mol. The van der Waals surface area contributed by atoms with Crippen LogP contribution >= 0.6 is 19.6 Å². The van der Waals surface area contributed by atoms with Gasteiger partial charge in [0.2, 0.25) is 23.6 Å². The normalized spacial score (nSPS) is 17.6. The zero-order valence-electron chi connectivity index (χ0n) is 19.8.